The van der Waals surface area contributed by atoms with E-state index in [1.54, 1.807) is 0 Å². The number of nitrogens with one attached hydrogen (secondary N) is 1. The van der Waals surface area contributed by atoms with Crippen LogP contribution in [0.5, 0.6) is 0 Å². The number of hydrogen-bond donors (Lipinski definition) is 1. The first-order valence-electron chi connectivity index (χ1n) is 8.55. The van der Waals surface area contributed by atoms with E-state index in [2.05, 4.69) is 0 Å². The Kier molecular flexibility index (Phi) is 4.04. The minimum Gasteiger partial charge on any atom is -0.370 e. The Labute approximate surface area is 140 Å². The van der Waals surface area contributed by atoms with E-state index in [9.17, 15) is 9.59 Å². The van der Waals surface area contributed by atoms with Gasteiger partial charge in [-0.1, -0.05) is 24.3 Å². The molecule has 1 saturated heterocycles. The third-order valence-electron chi connectivity index (χ3n) is 4.97. The van der Waals surface area contributed by atoms with Crippen molar-refractivity contribution in [3.63, 3.8) is 0 Å². The summed E-state index contributed by atoms with van der Waals surface area (Å²) in [7, 11) is 0. The van der Waals surface area contributed by atoms with E-state index in [1.807, 2.05) is 36.4 Å². The maximum Gasteiger partial charge on any atom is 0.261 e. The predicted molar refractivity (Wildman–Crippen MR) is 90.3 cm³/mol. The third kappa shape index (κ3) is 2.60. The summed E-state index contributed by atoms with van der Waals surface area (Å²) in [5.74, 6) is -0.331. The molecule has 2 aromatic rings. The average Bonchev–Trinajstić information content (AvgIpc) is 2.63. The average molecular weight is 325 g/mol. The molecule has 1 N–H and O–H groups in total. The Bertz CT molecular complexity index is 746. The minimum atomic E-state index is -0.165. The topological polar surface area (TPSA) is 51.0 Å². The number of ether oxygens (including phenoxy) is 1. The van der Waals surface area contributed by atoms with E-state index >= 15 is 0 Å². The van der Waals surface area contributed by atoms with Gasteiger partial charge in [-0.05, 0) is 17.5 Å². The fourth-order valence-electron chi connectivity index (χ4n) is 3.68. The Morgan fingerprint density at radius 2 is 1.58 bits per heavy atom. The molecule has 0 spiro atoms. The Hall–Kier alpha value is -2.24. The number of nitrogens with zero attached hydrogens (tertiary/aromatic N) is 1. The number of benzene rings is 2. The van der Waals surface area contributed by atoms with Crippen LogP contribution in [0.2, 0.25) is 0 Å². The first kappa shape index (κ1) is 15.3. The second kappa shape index (κ2) is 6.34. The fourth-order valence-corrected chi connectivity index (χ4v) is 3.68. The summed E-state index contributed by atoms with van der Waals surface area (Å²) in [4.78, 5) is 28.4. The predicted octanol–water partition coefficient (Wildman–Crippen LogP) is 0.741. The standard InChI is InChI=1S/C19H20N2O3/c22-18-15-6-1-4-14-5-2-7-16(17(14)15)19(23)21(18)9-3-8-20-10-12-24-13-11-20/h1-2,4-7H,3,8-13H2/p+1. The van der Waals surface area contributed by atoms with Crippen LogP contribution in [0.15, 0.2) is 36.4 Å². The number of quaternary nitrogens is 1. The van der Waals surface area contributed by atoms with Crippen LogP contribution in [0, 0.1) is 0 Å². The van der Waals surface area contributed by atoms with Gasteiger partial charge in [-0.2, -0.15) is 0 Å². The zero-order chi connectivity index (χ0) is 16.5. The highest BCUT2D eigenvalue weighted by atomic mass is 16.5. The number of carbonyl (C=O) groups is 2. The first-order valence-corrected chi connectivity index (χ1v) is 8.55. The lowest BCUT2D eigenvalue weighted by atomic mass is 9.94. The number of amides is 2. The van der Waals surface area contributed by atoms with E-state index in [0.717, 1.165) is 50.0 Å². The summed E-state index contributed by atoms with van der Waals surface area (Å²) in [6, 6.07) is 11.3. The number of rotatable bonds is 4. The molecule has 2 amide bonds. The SMILES string of the molecule is O=C1c2cccc3cccc(c23)C(=O)N1CCC[NH+]1CCOCC1. The lowest BCUT2D eigenvalue weighted by Crippen LogP contribution is -3.14. The van der Waals surface area contributed by atoms with Crippen molar-refractivity contribution < 1.29 is 19.2 Å². The number of imide groups is 1. The van der Waals surface area contributed by atoms with Crippen LogP contribution >= 0.6 is 0 Å². The van der Waals surface area contributed by atoms with Crippen molar-refractivity contribution in [1.82, 2.24) is 4.90 Å². The quantitative estimate of drug-likeness (QED) is 0.844. The zero-order valence-corrected chi connectivity index (χ0v) is 13.6. The molecule has 2 aliphatic rings. The molecule has 0 bridgehead atoms. The van der Waals surface area contributed by atoms with Crippen molar-refractivity contribution in [2.75, 3.05) is 39.4 Å². The molecule has 2 heterocycles. The minimum absolute atomic E-state index is 0.165. The van der Waals surface area contributed by atoms with E-state index < -0.39 is 0 Å². The highest BCUT2D eigenvalue weighted by Gasteiger charge is 2.32. The molecule has 4 rings (SSSR count). The lowest BCUT2D eigenvalue weighted by Gasteiger charge is -2.28. The Balaban J connectivity index is 1.53. The molecule has 124 valence electrons. The van der Waals surface area contributed by atoms with Crippen molar-refractivity contribution >= 4 is 22.6 Å². The van der Waals surface area contributed by atoms with E-state index in [0.29, 0.717) is 17.7 Å². The Morgan fingerprint density at radius 3 is 2.21 bits per heavy atom. The smallest absolute Gasteiger partial charge is 0.261 e. The maximum absolute atomic E-state index is 12.8. The molecule has 5 nitrogen and oxygen atoms in total. The van der Waals surface area contributed by atoms with Crippen LogP contribution in [-0.2, 0) is 4.74 Å². The number of morpholine rings is 1. The van der Waals surface area contributed by atoms with Gasteiger partial charge < -0.3 is 9.64 Å². The summed E-state index contributed by atoms with van der Waals surface area (Å²) in [5.41, 5.74) is 1.28. The van der Waals surface area contributed by atoms with Gasteiger partial charge in [0.2, 0.25) is 0 Å². The Morgan fingerprint density at radius 1 is 0.958 bits per heavy atom. The normalized spacial score (nSPS) is 18.4. The largest absolute Gasteiger partial charge is 0.370 e. The van der Waals surface area contributed by atoms with E-state index in [4.69, 9.17) is 4.74 Å². The molecule has 2 aromatic carbocycles. The maximum atomic E-state index is 12.8. The van der Waals surface area contributed by atoms with Gasteiger partial charge in [0.25, 0.3) is 11.8 Å². The lowest BCUT2D eigenvalue weighted by molar-refractivity contribution is -0.908. The molecule has 0 unspecified atom stereocenters. The van der Waals surface area contributed by atoms with Crippen LogP contribution in [-0.4, -0.2) is 56.1 Å². The molecule has 0 radical (unpaired) electrons. The van der Waals surface area contributed by atoms with Gasteiger partial charge in [-0.25, -0.2) is 0 Å². The fraction of sp³-hybridized carbons (Fsp3) is 0.368. The molecule has 1 fully saturated rings. The molecule has 0 aromatic heterocycles. The van der Waals surface area contributed by atoms with E-state index in [1.165, 1.54) is 9.80 Å². The molecule has 5 heteroatoms. The van der Waals surface area contributed by atoms with Crippen molar-refractivity contribution in [3.05, 3.63) is 47.5 Å². The second-order valence-electron chi connectivity index (χ2n) is 6.44. The first-order chi connectivity index (χ1) is 11.8. The van der Waals surface area contributed by atoms with Crippen LogP contribution in [0.3, 0.4) is 0 Å². The van der Waals surface area contributed by atoms with Crippen molar-refractivity contribution in [3.8, 4) is 0 Å². The monoisotopic (exact) mass is 325 g/mol. The third-order valence-corrected chi connectivity index (χ3v) is 4.97. The van der Waals surface area contributed by atoms with Gasteiger partial charge in [-0.3, -0.25) is 14.5 Å². The van der Waals surface area contributed by atoms with Gasteiger partial charge in [0.05, 0.1) is 19.8 Å². The summed E-state index contributed by atoms with van der Waals surface area (Å²) < 4.78 is 5.36. The molecule has 2 aliphatic heterocycles. The molecule has 24 heavy (non-hydrogen) atoms. The van der Waals surface area contributed by atoms with Crippen molar-refractivity contribution in [1.29, 1.82) is 0 Å². The van der Waals surface area contributed by atoms with Crippen LogP contribution < -0.4 is 4.90 Å². The molecule has 0 aliphatic carbocycles. The van der Waals surface area contributed by atoms with Gasteiger partial charge in [-0.15, -0.1) is 0 Å². The van der Waals surface area contributed by atoms with Crippen LogP contribution in [0.4, 0.5) is 0 Å². The molecular formula is C19H21N2O3+. The summed E-state index contributed by atoms with van der Waals surface area (Å²) in [6.45, 7) is 5.05. The van der Waals surface area contributed by atoms with Gasteiger partial charge in [0, 0.05) is 29.5 Å². The molecular weight excluding hydrogens is 304 g/mol. The summed E-state index contributed by atoms with van der Waals surface area (Å²) in [5, 5.41) is 1.74. The van der Waals surface area contributed by atoms with Gasteiger partial charge in [0.15, 0.2) is 0 Å². The molecule has 0 atom stereocenters. The van der Waals surface area contributed by atoms with Gasteiger partial charge >= 0.3 is 0 Å². The highest BCUT2D eigenvalue weighted by molar-refractivity contribution is 6.25. The number of hydrogen-bond acceptors (Lipinski definition) is 3. The second-order valence-corrected chi connectivity index (χ2v) is 6.44. The van der Waals surface area contributed by atoms with Crippen LogP contribution in [0.25, 0.3) is 10.8 Å². The van der Waals surface area contributed by atoms with Crippen LogP contribution in [0.1, 0.15) is 27.1 Å². The summed E-state index contributed by atoms with van der Waals surface area (Å²) in [6.07, 6.45) is 0.824. The molecule has 0 saturated carbocycles. The summed E-state index contributed by atoms with van der Waals surface area (Å²) >= 11 is 0. The highest BCUT2D eigenvalue weighted by Crippen LogP contribution is 2.29. The van der Waals surface area contributed by atoms with Gasteiger partial charge in [0.1, 0.15) is 13.1 Å². The van der Waals surface area contributed by atoms with Crippen molar-refractivity contribution in [2.24, 2.45) is 0 Å². The van der Waals surface area contributed by atoms with Crippen molar-refractivity contribution in [2.45, 2.75) is 6.42 Å². The zero-order valence-electron chi connectivity index (χ0n) is 13.6. The number of carbonyl (C=O) groups excluding carboxylic acids is 2. The van der Waals surface area contributed by atoms with E-state index in [-0.39, 0.29) is 11.8 Å².